The van der Waals surface area contributed by atoms with Gasteiger partial charge in [0.1, 0.15) is 11.6 Å². The molecule has 0 radical (unpaired) electrons. The Morgan fingerprint density at radius 2 is 1.61 bits per heavy atom. The number of primary sulfonamides is 1. The van der Waals surface area contributed by atoms with Gasteiger partial charge in [0.25, 0.3) is 11.8 Å². The average molecular weight is 501 g/mol. The summed E-state index contributed by atoms with van der Waals surface area (Å²) in [5.41, 5.74) is 7.50. The Hall–Kier alpha value is -4.54. The fourth-order valence-electron chi connectivity index (χ4n) is 4.17. The van der Waals surface area contributed by atoms with Gasteiger partial charge in [0.15, 0.2) is 6.61 Å². The highest BCUT2D eigenvalue weighted by atomic mass is 32.2. The van der Waals surface area contributed by atoms with Crippen LogP contribution in [0.4, 0.5) is 5.69 Å². The summed E-state index contributed by atoms with van der Waals surface area (Å²) in [5, 5.41) is 14.6. The third-order valence-corrected chi connectivity index (χ3v) is 6.88. The average Bonchev–Trinajstić information content (AvgIpc) is 2.86. The van der Waals surface area contributed by atoms with Gasteiger partial charge in [-0.3, -0.25) is 15.0 Å². The van der Waals surface area contributed by atoms with E-state index < -0.39 is 21.8 Å². The van der Waals surface area contributed by atoms with Crippen molar-refractivity contribution in [1.82, 2.24) is 0 Å². The van der Waals surface area contributed by atoms with Crippen LogP contribution in [-0.2, 0) is 14.8 Å². The van der Waals surface area contributed by atoms with E-state index in [0.29, 0.717) is 22.1 Å². The third-order valence-electron chi connectivity index (χ3n) is 5.91. The summed E-state index contributed by atoms with van der Waals surface area (Å²) in [7, 11) is -3.98. The number of nitrogens with zero attached hydrogens (tertiary/aromatic N) is 1. The summed E-state index contributed by atoms with van der Waals surface area (Å²) < 4.78 is 29.7. The molecule has 9 nitrogen and oxygen atoms in total. The number of amidine groups is 1. The monoisotopic (exact) mass is 500 g/mol. The fourth-order valence-corrected chi connectivity index (χ4v) is 4.93. The van der Waals surface area contributed by atoms with Gasteiger partial charge in [0.05, 0.1) is 10.6 Å². The van der Waals surface area contributed by atoms with E-state index in [1.54, 1.807) is 66.7 Å². The number of amides is 2. The van der Waals surface area contributed by atoms with Gasteiger partial charge in [-0.05, 0) is 52.7 Å². The second kappa shape index (κ2) is 8.59. The lowest BCUT2D eigenvalue weighted by Gasteiger charge is -2.28. The van der Waals surface area contributed by atoms with Crippen molar-refractivity contribution in [1.29, 1.82) is 5.41 Å². The number of nitrogens with one attached hydrogen (secondary N) is 1. The van der Waals surface area contributed by atoms with E-state index in [2.05, 4.69) is 0 Å². The molecular weight excluding hydrogens is 480 g/mol. The number of carbonyl (C=O) groups is 2. The number of nitrogens with two attached hydrogens (primary N) is 2. The lowest BCUT2D eigenvalue weighted by atomic mass is 10.0. The largest absolute Gasteiger partial charge is 0.482 e. The second-order valence-electron chi connectivity index (χ2n) is 8.24. The number of rotatable bonds is 4. The van der Waals surface area contributed by atoms with Gasteiger partial charge >= 0.3 is 0 Å². The summed E-state index contributed by atoms with van der Waals surface area (Å²) >= 11 is 0. The first-order valence-electron chi connectivity index (χ1n) is 10.8. The maximum atomic E-state index is 13.5. The molecule has 10 heteroatoms. The maximum Gasteiger partial charge on any atom is 0.272 e. The number of benzene rings is 4. The standard InChI is InChI=1S/C26H20N4O5S/c27-25(28)17-7-5-15-6-8-18(12-19(15)11-17)26(32)30-21-10-9-16(13-22(21)35-14-24(30)31)20-3-1-2-4-23(20)36(29,33)34/h1-13H,14H2,(H3,27,28)(H2,29,33,34). The first-order chi connectivity index (χ1) is 17.1. The molecule has 1 heterocycles. The zero-order valence-corrected chi connectivity index (χ0v) is 19.6. The van der Waals surface area contributed by atoms with Crippen molar-refractivity contribution in [2.75, 3.05) is 11.5 Å². The molecule has 0 bridgehead atoms. The van der Waals surface area contributed by atoms with Crippen molar-refractivity contribution in [2.24, 2.45) is 10.9 Å². The Morgan fingerprint density at radius 1 is 0.917 bits per heavy atom. The van der Waals surface area contributed by atoms with Crippen molar-refractivity contribution in [3.63, 3.8) is 0 Å². The molecule has 0 atom stereocenters. The number of sulfonamides is 1. The summed E-state index contributed by atoms with van der Waals surface area (Å²) in [5.74, 6) is -0.921. The molecule has 4 aromatic rings. The van der Waals surface area contributed by atoms with Crippen LogP contribution in [0.3, 0.4) is 0 Å². The van der Waals surface area contributed by atoms with E-state index in [9.17, 15) is 18.0 Å². The predicted molar refractivity (Wildman–Crippen MR) is 136 cm³/mol. The number of ether oxygens (including phenoxy) is 1. The highest BCUT2D eigenvalue weighted by Crippen LogP contribution is 2.38. The van der Waals surface area contributed by atoms with Crippen LogP contribution in [0.25, 0.3) is 21.9 Å². The molecule has 4 aromatic carbocycles. The molecule has 0 fully saturated rings. The Bertz CT molecular complexity index is 1700. The number of anilines is 1. The summed E-state index contributed by atoms with van der Waals surface area (Å²) in [6, 6.07) is 21.2. The molecule has 2 amide bonds. The Balaban J connectivity index is 1.56. The molecule has 1 aliphatic heterocycles. The second-order valence-corrected chi connectivity index (χ2v) is 9.77. The molecule has 0 spiro atoms. The highest BCUT2D eigenvalue weighted by Gasteiger charge is 2.32. The summed E-state index contributed by atoms with van der Waals surface area (Å²) in [6.07, 6.45) is 0. The quantitative estimate of drug-likeness (QED) is 0.222. The summed E-state index contributed by atoms with van der Waals surface area (Å²) in [4.78, 5) is 27.2. The lowest BCUT2D eigenvalue weighted by Crippen LogP contribution is -2.43. The Morgan fingerprint density at radius 3 is 2.33 bits per heavy atom. The van der Waals surface area contributed by atoms with E-state index in [0.717, 1.165) is 10.3 Å². The van der Waals surface area contributed by atoms with Crippen molar-refractivity contribution >= 4 is 44.1 Å². The van der Waals surface area contributed by atoms with Crippen LogP contribution in [0.15, 0.2) is 83.8 Å². The minimum absolute atomic E-state index is 0.0501. The fraction of sp³-hybridized carbons (Fsp3) is 0.0385. The molecule has 36 heavy (non-hydrogen) atoms. The van der Waals surface area contributed by atoms with Crippen LogP contribution in [-0.4, -0.2) is 32.7 Å². The van der Waals surface area contributed by atoms with Crippen molar-refractivity contribution < 1.29 is 22.7 Å². The van der Waals surface area contributed by atoms with Crippen LogP contribution in [0.5, 0.6) is 5.75 Å². The first kappa shape index (κ1) is 23.2. The Labute approximate surface area is 206 Å². The normalized spacial score (nSPS) is 13.2. The summed E-state index contributed by atoms with van der Waals surface area (Å²) in [6.45, 7) is -0.360. The van der Waals surface area contributed by atoms with Crippen LogP contribution < -0.4 is 20.5 Å². The minimum Gasteiger partial charge on any atom is -0.482 e. The third kappa shape index (κ3) is 4.08. The zero-order chi connectivity index (χ0) is 25.6. The number of imide groups is 1. The number of fused-ring (bicyclic) bond motifs is 2. The van der Waals surface area contributed by atoms with Crippen LogP contribution in [0.2, 0.25) is 0 Å². The van der Waals surface area contributed by atoms with E-state index in [1.807, 2.05) is 0 Å². The van der Waals surface area contributed by atoms with E-state index in [1.165, 1.54) is 12.1 Å². The van der Waals surface area contributed by atoms with Gasteiger partial charge in [0, 0.05) is 16.7 Å². The molecule has 0 saturated heterocycles. The number of hydrogen-bond acceptors (Lipinski definition) is 6. The number of nitrogen functional groups attached to an aromatic ring is 1. The molecule has 1 aliphatic rings. The molecular formula is C26H20N4O5S. The van der Waals surface area contributed by atoms with Gasteiger partial charge in [-0.15, -0.1) is 0 Å². The van der Waals surface area contributed by atoms with E-state index in [-0.39, 0.29) is 34.3 Å². The van der Waals surface area contributed by atoms with Gasteiger partial charge in [-0.2, -0.15) is 0 Å². The maximum absolute atomic E-state index is 13.5. The molecule has 0 aliphatic carbocycles. The number of carbonyl (C=O) groups excluding carboxylic acids is 2. The topological polar surface area (TPSA) is 157 Å². The van der Waals surface area contributed by atoms with E-state index >= 15 is 0 Å². The Kier molecular flexibility index (Phi) is 5.54. The molecule has 0 aromatic heterocycles. The minimum atomic E-state index is -3.98. The molecule has 5 rings (SSSR count). The molecule has 180 valence electrons. The smallest absolute Gasteiger partial charge is 0.272 e. The highest BCUT2D eigenvalue weighted by molar-refractivity contribution is 7.89. The van der Waals surface area contributed by atoms with Gasteiger partial charge < -0.3 is 10.5 Å². The zero-order valence-electron chi connectivity index (χ0n) is 18.8. The number of hydrogen-bond donors (Lipinski definition) is 3. The molecule has 0 unspecified atom stereocenters. The van der Waals surface area contributed by atoms with Crippen molar-refractivity contribution in [2.45, 2.75) is 4.90 Å². The lowest BCUT2D eigenvalue weighted by molar-refractivity contribution is -0.120. The van der Waals surface area contributed by atoms with Crippen molar-refractivity contribution in [3.8, 4) is 16.9 Å². The molecule has 5 N–H and O–H groups in total. The molecule has 0 saturated carbocycles. The van der Waals surface area contributed by atoms with Crippen LogP contribution >= 0.6 is 0 Å². The first-order valence-corrected chi connectivity index (χ1v) is 12.3. The predicted octanol–water partition coefficient (Wildman–Crippen LogP) is 3.00. The van der Waals surface area contributed by atoms with Gasteiger partial charge in [0.2, 0.25) is 10.0 Å². The van der Waals surface area contributed by atoms with E-state index in [4.69, 9.17) is 21.0 Å². The van der Waals surface area contributed by atoms with Crippen LogP contribution in [0.1, 0.15) is 15.9 Å². The van der Waals surface area contributed by atoms with Gasteiger partial charge in [-0.25, -0.2) is 18.5 Å². The van der Waals surface area contributed by atoms with Gasteiger partial charge in [-0.1, -0.05) is 42.5 Å². The SMILES string of the molecule is N=C(N)c1ccc2ccc(C(=O)N3C(=O)COc4cc(-c5ccccc5S(N)(=O)=O)ccc43)cc2c1. The van der Waals surface area contributed by atoms with Crippen LogP contribution in [0, 0.1) is 5.41 Å². The van der Waals surface area contributed by atoms with Crippen molar-refractivity contribution in [3.05, 3.63) is 90.0 Å².